The fourth-order valence-corrected chi connectivity index (χ4v) is 3.42. The first-order chi connectivity index (χ1) is 13.5. The van der Waals surface area contributed by atoms with Crippen molar-refractivity contribution in [1.29, 1.82) is 5.26 Å². The van der Waals surface area contributed by atoms with Crippen molar-refractivity contribution in [3.8, 4) is 23.2 Å². The molecule has 1 saturated heterocycles. The predicted octanol–water partition coefficient (Wildman–Crippen LogP) is 1.10. The van der Waals surface area contributed by atoms with Gasteiger partial charge in [-0.3, -0.25) is 14.5 Å². The summed E-state index contributed by atoms with van der Waals surface area (Å²) in [6.07, 6.45) is 2.05. The van der Waals surface area contributed by atoms with Crippen LogP contribution < -0.4 is 20.7 Å². The van der Waals surface area contributed by atoms with E-state index in [1.165, 1.54) is 0 Å². The molecule has 1 aromatic heterocycles. The third kappa shape index (κ3) is 3.13. The number of hydrogen-bond acceptors (Lipinski definition) is 6. The third-order valence-corrected chi connectivity index (χ3v) is 4.97. The van der Waals surface area contributed by atoms with Gasteiger partial charge in [-0.2, -0.15) is 5.26 Å². The lowest BCUT2D eigenvalue weighted by Gasteiger charge is -2.14. The third-order valence-electron chi connectivity index (χ3n) is 4.97. The van der Waals surface area contributed by atoms with Crippen LogP contribution in [0, 0.1) is 17.2 Å². The van der Waals surface area contributed by atoms with Crippen LogP contribution in [0.5, 0.6) is 5.75 Å². The maximum absolute atomic E-state index is 12.2. The normalized spacial score (nSPS) is 19.1. The number of nitrogens with one attached hydrogen (secondary N) is 1. The summed E-state index contributed by atoms with van der Waals surface area (Å²) in [5.74, 6) is 1.06. The Hall–Kier alpha value is -3.54. The maximum Gasteiger partial charge on any atom is 0.239 e. The van der Waals surface area contributed by atoms with Crippen molar-refractivity contribution in [3.63, 3.8) is 0 Å². The number of nitrogens with zero attached hydrogens (tertiary/aromatic N) is 4. The lowest BCUT2D eigenvalue weighted by molar-refractivity contribution is -0.118. The molecule has 3 N–H and O–H groups in total. The number of fused-ring (bicyclic) bond motifs is 3. The van der Waals surface area contributed by atoms with Gasteiger partial charge in [0, 0.05) is 30.9 Å². The van der Waals surface area contributed by atoms with Crippen molar-refractivity contribution in [3.05, 3.63) is 24.4 Å². The van der Waals surface area contributed by atoms with Gasteiger partial charge in [-0.15, -0.1) is 0 Å². The van der Waals surface area contributed by atoms with Crippen LogP contribution in [0.2, 0.25) is 0 Å². The van der Waals surface area contributed by atoms with Crippen LogP contribution in [-0.4, -0.2) is 40.6 Å². The van der Waals surface area contributed by atoms with Gasteiger partial charge in [-0.25, -0.2) is 4.98 Å². The van der Waals surface area contributed by atoms with E-state index in [0.29, 0.717) is 37.1 Å². The molecule has 3 heterocycles. The number of carbonyl (C=O) groups is 2. The van der Waals surface area contributed by atoms with E-state index < -0.39 is 11.9 Å². The van der Waals surface area contributed by atoms with E-state index >= 15 is 0 Å². The molecule has 2 amide bonds. The number of amides is 2. The molecule has 9 heteroatoms. The van der Waals surface area contributed by atoms with Gasteiger partial charge in [0.25, 0.3) is 0 Å². The molecule has 2 atom stereocenters. The van der Waals surface area contributed by atoms with Crippen molar-refractivity contribution in [2.24, 2.45) is 11.7 Å². The zero-order valence-electron chi connectivity index (χ0n) is 15.4. The number of nitrogens with two attached hydrogens (primary N) is 1. The predicted molar refractivity (Wildman–Crippen MR) is 102 cm³/mol. The molecular weight excluding hydrogens is 360 g/mol. The molecule has 1 fully saturated rings. The molecule has 0 saturated carbocycles. The minimum atomic E-state index is -0.508. The average molecular weight is 380 g/mol. The molecule has 0 spiro atoms. The highest BCUT2D eigenvalue weighted by molar-refractivity contribution is 5.95. The minimum Gasteiger partial charge on any atom is -0.491 e. The second-order valence-corrected chi connectivity index (χ2v) is 6.98. The Bertz CT molecular complexity index is 992. The molecule has 0 bridgehead atoms. The van der Waals surface area contributed by atoms with Crippen LogP contribution >= 0.6 is 0 Å². The number of rotatable bonds is 4. The summed E-state index contributed by atoms with van der Waals surface area (Å²) >= 11 is 0. The molecule has 4 rings (SSSR count). The van der Waals surface area contributed by atoms with E-state index in [4.69, 9.17) is 15.7 Å². The smallest absolute Gasteiger partial charge is 0.239 e. The topological polar surface area (TPSA) is 126 Å². The zero-order valence-corrected chi connectivity index (χ0v) is 15.4. The summed E-state index contributed by atoms with van der Waals surface area (Å²) in [7, 11) is 0. The summed E-state index contributed by atoms with van der Waals surface area (Å²) in [6, 6.07) is 7.15. The van der Waals surface area contributed by atoms with Crippen molar-refractivity contribution < 1.29 is 14.3 Å². The van der Waals surface area contributed by atoms with Gasteiger partial charge in [0.1, 0.15) is 24.2 Å². The second-order valence-electron chi connectivity index (χ2n) is 6.98. The number of anilines is 2. The zero-order chi connectivity index (χ0) is 19.8. The van der Waals surface area contributed by atoms with Crippen LogP contribution in [0.15, 0.2) is 24.4 Å². The van der Waals surface area contributed by atoms with Crippen LogP contribution in [0.3, 0.4) is 0 Å². The first-order valence-electron chi connectivity index (χ1n) is 9.06. The summed E-state index contributed by atoms with van der Waals surface area (Å²) < 4.78 is 7.80. The Kier molecular flexibility index (Phi) is 4.39. The lowest BCUT2D eigenvalue weighted by atomic mass is 10.1. The molecule has 0 radical (unpaired) electrons. The molecule has 9 nitrogen and oxygen atoms in total. The van der Waals surface area contributed by atoms with Crippen molar-refractivity contribution >= 4 is 23.3 Å². The first-order valence-corrected chi connectivity index (χ1v) is 9.06. The largest absolute Gasteiger partial charge is 0.491 e. The van der Waals surface area contributed by atoms with Crippen LogP contribution in [0.4, 0.5) is 11.5 Å². The van der Waals surface area contributed by atoms with Crippen molar-refractivity contribution in [1.82, 2.24) is 9.55 Å². The maximum atomic E-state index is 12.2. The minimum absolute atomic E-state index is 0.0868. The molecule has 1 aromatic carbocycles. The molecule has 2 aliphatic rings. The van der Waals surface area contributed by atoms with Crippen LogP contribution in [0.25, 0.3) is 11.4 Å². The Morgan fingerprint density at radius 2 is 2.32 bits per heavy atom. The van der Waals surface area contributed by atoms with Gasteiger partial charge in [-0.05, 0) is 19.1 Å². The van der Waals surface area contributed by atoms with E-state index in [2.05, 4.69) is 16.4 Å². The summed E-state index contributed by atoms with van der Waals surface area (Å²) in [5, 5.41) is 12.1. The number of hydrogen-bond donors (Lipinski definition) is 2. The molecule has 28 heavy (non-hydrogen) atoms. The van der Waals surface area contributed by atoms with E-state index in [-0.39, 0.29) is 18.2 Å². The van der Waals surface area contributed by atoms with Crippen LogP contribution in [0.1, 0.15) is 13.3 Å². The summed E-state index contributed by atoms with van der Waals surface area (Å²) in [5.41, 5.74) is 6.82. The fraction of sp³-hybridized carbons (Fsp3) is 0.368. The Balaban J connectivity index is 1.66. The van der Waals surface area contributed by atoms with Gasteiger partial charge in [0.05, 0.1) is 24.1 Å². The van der Waals surface area contributed by atoms with E-state index in [1.807, 2.05) is 29.0 Å². The second kappa shape index (κ2) is 6.88. The molecule has 1 unspecified atom stereocenters. The Morgan fingerprint density at radius 1 is 1.50 bits per heavy atom. The number of aromatic nitrogens is 2. The highest BCUT2D eigenvalue weighted by atomic mass is 16.5. The Morgan fingerprint density at radius 3 is 3.04 bits per heavy atom. The number of ether oxygens (including phenoxy) is 1. The molecule has 2 aliphatic heterocycles. The number of carbonyl (C=O) groups excluding carboxylic acids is 2. The van der Waals surface area contributed by atoms with Gasteiger partial charge in [-0.1, -0.05) is 0 Å². The highest BCUT2D eigenvalue weighted by Gasteiger charge is 2.33. The molecule has 144 valence electrons. The number of nitriles is 1. The Labute approximate surface area is 161 Å². The summed E-state index contributed by atoms with van der Waals surface area (Å²) in [4.78, 5) is 29.7. The summed E-state index contributed by atoms with van der Waals surface area (Å²) in [6.45, 7) is 3.08. The van der Waals surface area contributed by atoms with Gasteiger partial charge < -0.3 is 20.4 Å². The monoisotopic (exact) mass is 380 g/mol. The van der Waals surface area contributed by atoms with Crippen molar-refractivity contribution in [2.45, 2.75) is 25.9 Å². The number of imidazole rings is 1. The SMILES string of the molecule is C[C@H](Nc1ccc2c(c1)OCCn1cc(N3CC(C#N)CC3=O)nc1-2)C(N)=O. The average Bonchev–Trinajstić information content (AvgIpc) is 3.21. The van der Waals surface area contributed by atoms with Crippen molar-refractivity contribution in [2.75, 3.05) is 23.4 Å². The molecule has 0 aliphatic carbocycles. The van der Waals surface area contributed by atoms with E-state index in [9.17, 15) is 9.59 Å². The molecule has 2 aromatic rings. The van der Waals surface area contributed by atoms with Gasteiger partial charge in [0.15, 0.2) is 5.82 Å². The lowest BCUT2D eigenvalue weighted by Crippen LogP contribution is -2.32. The fourth-order valence-electron chi connectivity index (χ4n) is 3.42. The van der Waals surface area contributed by atoms with E-state index in [1.54, 1.807) is 11.8 Å². The van der Waals surface area contributed by atoms with Gasteiger partial charge >= 0.3 is 0 Å². The number of primary amides is 1. The number of benzene rings is 1. The van der Waals surface area contributed by atoms with Gasteiger partial charge in [0.2, 0.25) is 11.8 Å². The first kappa shape index (κ1) is 17.9. The highest BCUT2D eigenvalue weighted by Crippen LogP contribution is 2.36. The molecular formula is C19H20N6O3. The quantitative estimate of drug-likeness (QED) is 0.818. The van der Waals surface area contributed by atoms with E-state index in [0.717, 1.165) is 11.3 Å². The van der Waals surface area contributed by atoms with Crippen LogP contribution in [-0.2, 0) is 16.1 Å². The standard InChI is InChI=1S/C19H20N6O3/c1-11(18(21)27)22-13-2-3-14-15(7-13)28-5-4-24-10-16(23-19(14)24)25-9-12(8-20)6-17(25)26/h2-3,7,10-12,22H,4-6,9H2,1H3,(H2,21,27)/t11-,12?/m0/s1.